The number of rotatable bonds is 6. The number of fused-ring (bicyclic) bond motifs is 1. The molecule has 1 aliphatic heterocycles. The molecular formula is C23H27FN4O3. The number of aliphatic hydroxyl groups excluding tert-OH is 1. The summed E-state index contributed by atoms with van der Waals surface area (Å²) in [6.45, 7) is 3.69. The van der Waals surface area contributed by atoms with Crippen molar-refractivity contribution >= 4 is 23.3 Å². The second-order valence-corrected chi connectivity index (χ2v) is 8.31. The van der Waals surface area contributed by atoms with Crippen molar-refractivity contribution in [2.45, 2.75) is 38.8 Å². The van der Waals surface area contributed by atoms with E-state index in [-0.39, 0.29) is 43.0 Å². The fourth-order valence-corrected chi connectivity index (χ4v) is 4.60. The van der Waals surface area contributed by atoms with Gasteiger partial charge in [0.1, 0.15) is 11.6 Å². The molecule has 1 aromatic heterocycles. The average Bonchev–Trinajstić information content (AvgIpc) is 3.59. The normalized spacial score (nSPS) is 22.6. The van der Waals surface area contributed by atoms with Crippen LogP contribution in [-0.2, 0) is 4.79 Å². The Morgan fingerprint density at radius 2 is 2.03 bits per heavy atom. The van der Waals surface area contributed by atoms with E-state index in [9.17, 15) is 14.0 Å². The van der Waals surface area contributed by atoms with Gasteiger partial charge in [0.15, 0.2) is 0 Å². The Bertz CT molecular complexity index is 977. The van der Waals surface area contributed by atoms with E-state index in [1.165, 1.54) is 6.07 Å². The van der Waals surface area contributed by atoms with Gasteiger partial charge in [-0.3, -0.25) is 9.59 Å². The minimum absolute atomic E-state index is 0.0270. The first-order valence-electron chi connectivity index (χ1n) is 10.6. The third-order valence-corrected chi connectivity index (χ3v) is 6.12. The van der Waals surface area contributed by atoms with Crippen molar-refractivity contribution in [2.24, 2.45) is 11.8 Å². The molecule has 1 saturated carbocycles. The van der Waals surface area contributed by atoms with E-state index in [2.05, 4.69) is 22.5 Å². The summed E-state index contributed by atoms with van der Waals surface area (Å²) in [6.07, 6.45) is 3.32. The van der Waals surface area contributed by atoms with E-state index >= 15 is 0 Å². The van der Waals surface area contributed by atoms with Gasteiger partial charge in [-0.25, -0.2) is 9.37 Å². The number of halogens is 1. The highest BCUT2D eigenvalue weighted by atomic mass is 19.1. The Balaban J connectivity index is 1.77. The standard InChI is InChI=1S/C23H27FN4O3/c1-13-21(27-20-8-6-17(24)12-26-20)18-11-16(23(31)25-9-10-29)5-7-19(18)28(14(2)30)22(13)15-3-4-15/h5-8,11-13,15,21-22,29H,3-4,9-10H2,1-2H3,(H,25,31)(H,26,27). The van der Waals surface area contributed by atoms with E-state index in [0.29, 0.717) is 17.3 Å². The van der Waals surface area contributed by atoms with Gasteiger partial charge in [-0.15, -0.1) is 0 Å². The third kappa shape index (κ3) is 4.25. The lowest BCUT2D eigenvalue weighted by molar-refractivity contribution is -0.117. The maximum atomic E-state index is 13.3. The molecular weight excluding hydrogens is 399 g/mol. The Morgan fingerprint density at radius 3 is 2.65 bits per heavy atom. The Kier molecular flexibility index (Phi) is 5.91. The van der Waals surface area contributed by atoms with Gasteiger partial charge in [0.25, 0.3) is 5.91 Å². The van der Waals surface area contributed by atoms with Crippen LogP contribution in [0.25, 0.3) is 0 Å². The molecule has 2 heterocycles. The average molecular weight is 426 g/mol. The van der Waals surface area contributed by atoms with Crippen LogP contribution in [0.3, 0.4) is 0 Å². The first kappa shape index (κ1) is 21.2. The number of pyridine rings is 1. The lowest BCUT2D eigenvalue weighted by Crippen LogP contribution is -2.51. The fourth-order valence-electron chi connectivity index (χ4n) is 4.60. The van der Waals surface area contributed by atoms with Gasteiger partial charge in [0, 0.05) is 36.7 Å². The summed E-state index contributed by atoms with van der Waals surface area (Å²) in [7, 11) is 0. The van der Waals surface area contributed by atoms with E-state index in [0.717, 1.165) is 30.3 Å². The van der Waals surface area contributed by atoms with Crippen LogP contribution < -0.4 is 15.5 Å². The molecule has 3 atom stereocenters. The Hall–Kier alpha value is -3.00. The minimum Gasteiger partial charge on any atom is -0.395 e. The van der Waals surface area contributed by atoms with Gasteiger partial charge in [-0.2, -0.15) is 0 Å². The van der Waals surface area contributed by atoms with Gasteiger partial charge < -0.3 is 20.6 Å². The lowest BCUT2D eigenvalue weighted by Gasteiger charge is -2.46. The van der Waals surface area contributed by atoms with Crippen LogP contribution in [0.2, 0.25) is 0 Å². The molecule has 31 heavy (non-hydrogen) atoms. The molecule has 8 heteroatoms. The van der Waals surface area contributed by atoms with Crippen molar-refractivity contribution in [2.75, 3.05) is 23.4 Å². The molecule has 4 rings (SSSR count). The van der Waals surface area contributed by atoms with E-state index in [1.807, 2.05) is 11.0 Å². The third-order valence-electron chi connectivity index (χ3n) is 6.12. The molecule has 2 aromatic rings. The molecule has 2 aliphatic rings. The zero-order valence-corrected chi connectivity index (χ0v) is 17.6. The highest BCUT2D eigenvalue weighted by Gasteiger charge is 2.47. The van der Waals surface area contributed by atoms with Crippen molar-refractivity contribution in [3.05, 3.63) is 53.5 Å². The molecule has 3 N–H and O–H groups in total. The number of nitrogens with one attached hydrogen (secondary N) is 2. The number of aromatic nitrogens is 1. The van der Waals surface area contributed by atoms with Crippen molar-refractivity contribution in [3.63, 3.8) is 0 Å². The zero-order valence-electron chi connectivity index (χ0n) is 17.6. The highest BCUT2D eigenvalue weighted by molar-refractivity contribution is 5.98. The predicted octanol–water partition coefficient (Wildman–Crippen LogP) is 2.88. The number of hydrogen-bond donors (Lipinski definition) is 3. The summed E-state index contributed by atoms with van der Waals surface area (Å²) in [5.41, 5.74) is 2.05. The quantitative estimate of drug-likeness (QED) is 0.660. The number of aliphatic hydroxyl groups is 1. The summed E-state index contributed by atoms with van der Waals surface area (Å²) in [4.78, 5) is 31.2. The van der Waals surface area contributed by atoms with Crippen LogP contribution in [0, 0.1) is 17.7 Å². The summed E-state index contributed by atoms with van der Waals surface area (Å²) in [5.74, 6) is 0.286. The first-order valence-corrected chi connectivity index (χ1v) is 10.6. The van der Waals surface area contributed by atoms with Gasteiger partial charge >= 0.3 is 0 Å². The van der Waals surface area contributed by atoms with Crippen LogP contribution >= 0.6 is 0 Å². The number of nitrogens with zero attached hydrogens (tertiary/aromatic N) is 2. The molecule has 7 nitrogen and oxygen atoms in total. The molecule has 1 aliphatic carbocycles. The van der Waals surface area contributed by atoms with Gasteiger partial charge in [0.2, 0.25) is 5.91 Å². The zero-order chi connectivity index (χ0) is 22.1. The van der Waals surface area contributed by atoms with Crippen LogP contribution in [0.1, 0.15) is 48.7 Å². The smallest absolute Gasteiger partial charge is 0.251 e. The SMILES string of the molecule is CC(=O)N1c2ccc(C(=O)NCCO)cc2C(Nc2ccc(F)cn2)C(C)C1C1CC1. The molecule has 0 spiro atoms. The Labute approximate surface area is 180 Å². The number of amides is 2. The highest BCUT2D eigenvalue weighted by Crippen LogP contribution is 2.50. The predicted molar refractivity (Wildman–Crippen MR) is 115 cm³/mol. The molecule has 0 saturated heterocycles. The number of carbonyl (C=O) groups is 2. The number of carbonyl (C=O) groups excluding carboxylic acids is 2. The summed E-state index contributed by atoms with van der Waals surface area (Å²) < 4.78 is 13.3. The minimum atomic E-state index is -0.413. The molecule has 1 fully saturated rings. The number of benzene rings is 1. The van der Waals surface area contributed by atoms with Crippen molar-refractivity contribution < 1.29 is 19.1 Å². The maximum absolute atomic E-state index is 13.3. The van der Waals surface area contributed by atoms with Crippen LogP contribution in [0.5, 0.6) is 0 Å². The topological polar surface area (TPSA) is 94.6 Å². The first-order chi connectivity index (χ1) is 14.9. The maximum Gasteiger partial charge on any atom is 0.251 e. The second kappa shape index (κ2) is 8.63. The van der Waals surface area contributed by atoms with Crippen molar-refractivity contribution in [1.29, 1.82) is 0 Å². The van der Waals surface area contributed by atoms with E-state index < -0.39 is 5.82 Å². The molecule has 164 valence electrons. The van der Waals surface area contributed by atoms with E-state index in [1.54, 1.807) is 25.1 Å². The van der Waals surface area contributed by atoms with Gasteiger partial charge in [-0.1, -0.05) is 6.92 Å². The summed E-state index contributed by atoms with van der Waals surface area (Å²) in [5, 5.41) is 15.1. The van der Waals surface area contributed by atoms with E-state index in [4.69, 9.17) is 5.11 Å². The molecule has 0 radical (unpaired) electrons. The van der Waals surface area contributed by atoms with Gasteiger partial charge in [-0.05, 0) is 54.7 Å². The number of hydrogen-bond acceptors (Lipinski definition) is 5. The molecule has 1 aromatic carbocycles. The van der Waals surface area contributed by atoms with Crippen LogP contribution in [0.15, 0.2) is 36.5 Å². The fraction of sp³-hybridized carbons (Fsp3) is 0.435. The Morgan fingerprint density at radius 1 is 1.26 bits per heavy atom. The molecule has 3 unspecified atom stereocenters. The summed E-state index contributed by atoms with van der Waals surface area (Å²) in [6, 6.07) is 8.08. The van der Waals surface area contributed by atoms with Gasteiger partial charge in [0.05, 0.1) is 18.8 Å². The van der Waals surface area contributed by atoms with Crippen LogP contribution in [-0.4, -0.2) is 41.1 Å². The molecule has 2 amide bonds. The molecule has 0 bridgehead atoms. The number of anilines is 2. The van der Waals surface area contributed by atoms with Crippen molar-refractivity contribution in [3.8, 4) is 0 Å². The summed E-state index contributed by atoms with van der Waals surface area (Å²) >= 11 is 0. The monoisotopic (exact) mass is 426 g/mol. The lowest BCUT2D eigenvalue weighted by atomic mass is 9.79. The van der Waals surface area contributed by atoms with Crippen molar-refractivity contribution in [1.82, 2.24) is 10.3 Å². The largest absolute Gasteiger partial charge is 0.395 e. The second-order valence-electron chi connectivity index (χ2n) is 8.31. The van der Waals surface area contributed by atoms with Crippen LogP contribution in [0.4, 0.5) is 15.9 Å².